The molecule has 0 spiro atoms. The number of halogens is 4. The minimum Gasteiger partial charge on any atom is -0.279 e. The van der Waals surface area contributed by atoms with Gasteiger partial charge in [0.1, 0.15) is 0 Å². The van der Waals surface area contributed by atoms with Gasteiger partial charge in [-0.1, -0.05) is 0 Å². The van der Waals surface area contributed by atoms with E-state index >= 15 is 0 Å². The molecule has 2 aromatic rings. The summed E-state index contributed by atoms with van der Waals surface area (Å²) >= 11 is -0.0703. The van der Waals surface area contributed by atoms with E-state index in [0.717, 1.165) is 0 Å². The summed E-state index contributed by atoms with van der Waals surface area (Å²) < 4.78 is 60.5. The normalized spacial score (nSPS) is 13.0. The second-order valence-corrected chi connectivity index (χ2v) is 13.0. The van der Waals surface area contributed by atoms with Crippen LogP contribution in [0.1, 0.15) is 52.7 Å². The van der Waals surface area contributed by atoms with Crippen molar-refractivity contribution < 1.29 is 47.3 Å². The first-order valence-electron chi connectivity index (χ1n) is 8.81. The molecule has 0 fully saturated rings. The molecule has 0 amide bonds. The van der Waals surface area contributed by atoms with Crippen LogP contribution >= 0.6 is 0 Å². The second kappa shape index (κ2) is 9.34. The summed E-state index contributed by atoms with van der Waals surface area (Å²) in [7, 11) is -5.84. The van der Waals surface area contributed by atoms with Crippen LogP contribution in [0.25, 0.3) is 0 Å². The Bertz CT molecular complexity index is 835. The molecule has 2 aromatic carbocycles. The molecule has 0 bridgehead atoms. The van der Waals surface area contributed by atoms with Crippen LogP contribution in [0.2, 0.25) is 0 Å². The quantitative estimate of drug-likeness (QED) is 0.360. The Morgan fingerprint density at radius 3 is 1.10 bits per heavy atom. The molecule has 0 atom stereocenters. The minimum absolute atomic E-state index is 0.0703. The van der Waals surface area contributed by atoms with Crippen LogP contribution in [-0.2, 0) is 20.9 Å². The molecule has 0 radical (unpaired) electrons. The molecular formula is C21H27F3IO3S-. The number of hydrogen-bond acceptors (Lipinski definition) is 2. The molecule has 1 N–H and O–H groups in total. The van der Waals surface area contributed by atoms with E-state index in [2.05, 4.69) is 90.1 Å². The van der Waals surface area contributed by atoms with Crippen LogP contribution in [0.3, 0.4) is 0 Å². The average molecular weight is 543 g/mol. The molecule has 0 heterocycles. The van der Waals surface area contributed by atoms with Gasteiger partial charge in [-0.15, -0.1) is 0 Å². The van der Waals surface area contributed by atoms with Crippen molar-refractivity contribution in [3.05, 3.63) is 66.8 Å². The summed E-state index contributed by atoms with van der Waals surface area (Å²) in [5.41, 5.74) is -2.22. The SMILES string of the molecule is CC(C)(C)c1ccc([I-]c2ccc(C(C)(C)C)cc2)cc1.O=S(=O)(O)C(F)(F)F. The van der Waals surface area contributed by atoms with Crippen molar-refractivity contribution >= 4 is 10.1 Å². The third-order valence-electron chi connectivity index (χ3n) is 3.93. The Morgan fingerprint density at radius 2 is 0.931 bits per heavy atom. The monoisotopic (exact) mass is 543 g/mol. The van der Waals surface area contributed by atoms with E-state index in [4.69, 9.17) is 13.0 Å². The molecule has 0 aliphatic heterocycles. The van der Waals surface area contributed by atoms with Gasteiger partial charge in [-0.05, 0) is 0 Å². The second-order valence-electron chi connectivity index (χ2n) is 8.53. The zero-order valence-electron chi connectivity index (χ0n) is 17.3. The Labute approximate surface area is 181 Å². The predicted molar refractivity (Wildman–Crippen MR) is 105 cm³/mol. The molecular weight excluding hydrogens is 516 g/mol. The minimum atomic E-state index is -5.84. The van der Waals surface area contributed by atoms with Gasteiger partial charge in [-0.2, -0.15) is 21.6 Å². The Balaban J connectivity index is 0.000000447. The van der Waals surface area contributed by atoms with E-state index in [1.807, 2.05) is 0 Å². The van der Waals surface area contributed by atoms with Crippen LogP contribution in [0.15, 0.2) is 48.5 Å². The van der Waals surface area contributed by atoms with Crippen LogP contribution in [-0.4, -0.2) is 18.5 Å². The third kappa shape index (κ3) is 8.64. The molecule has 0 unspecified atom stereocenters. The predicted octanol–water partition coefficient (Wildman–Crippen LogP) is 2.80. The number of rotatable bonds is 2. The first-order valence-corrected chi connectivity index (χ1v) is 12.4. The number of alkyl halides is 3. The van der Waals surface area contributed by atoms with Gasteiger partial charge in [-0.25, -0.2) is 0 Å². The van der Waals surface area contributed by atoms with Gasteiger partial charge >= 0.3 is 156 Å². The largest absolute Gasteiger partial charge is 0.522 e. The molecule has 0 aromatic heterocycles. The van der Waals surface area contributed by atoms with Crippen LogP contribution in [0, 0.1) is 7.14 Å². The van der Waals surface area contributed by atoms with E-state index < -0.39 is 15.6 Å². The van der Waals surface area contributed by atoms with Gasteiger partial charge in [-0.3, -0.25) is 4.55 Å². The summed E-state index contributed by atoms with van der Waals surface area (Å²) in [4.78, 5) is 0. The maximum absolute atomic E-state index is 10.7. The van der Waals surface area contributed by atoms with E-state index in [1.54, 1.807) is 0 Å². The van der Waals surface area contributed by atoms with Gasteiger partial charge in [0.2, 0.25) is 0 Å². The fourth-order valence-corrected chi connectivity index (χ4v) is 4.31. The van der Waals surface area contributed by atoms with Crippen LogP contribution in [0.4, 0.5) is 13.2 Å². The van der Waals surface area contributed by atoms with E-state index in [-0.39, 0.29) is 32.0 Å². The van der Waals surface area contributed by atoms with E-state index in [1.165, 1.54) is 18.3 Å². The van der Waals surface area contributed by atoms with Gasteiger partial charge in [0.05, 0.1) is 0 Å². The van der Waals surface area contributed by atoms with Gasteiger partial charge in [0, 0.05) is 0 Å². The molecule has 0 saturated heterocycles. The van der Waals surface area contributed by atoms with Crippen molar-refractivity contribution in [2.24, 2.45) is 0 Å². The van der Waals surface area contributed by atoms with E-state index in [9.17, 15) is 13.2 Å². The van der Waals surface area contributed by atoms with Gasteiger partial charge in [0.15, 0.2) is 0 Å². The first-order chi connectivity index (χ1) is 12.9. The smallest absolute Gasteiger partial charge is 0.279 e. The van der Waals surface area contributed by atoms with Gasteiger partial charge in [0.25, 0.3) is 0 Å². The topological polar surface area (TPSA) is 54.4 Å². The van der Waals surface area contributed by atoms with Crippen molar-refractivity contribution in [3.63, 3.8) is 0 Å². The molecule has 0 aliphatic rings. The van der Waals surface area contributed by atoms with Crippen LogP contribution < -0.4 is 21.2 Å². The average Bonchev–Trinajstić information content (AvgIpc) is 2.53. The Hall–Kier alpha value is -1.13. The Morgan fingerprint density at radius 1 is 0.690 bits per heavy atom. The molecule has 29 heavy (non-hydrogen) atoms. The summed E-state index contributed by atoms with van der Waals surface area (Å²) in [5, 5.41) is 0. The zero-order chi connectivity index (χ0) is 22.7. The molecule has 164 valence electrons. The summed E-state index contributed by atoms with van der Waals surface area (Å²) in [6.07, 6.45) is 0. The van der Waals surface area contributed by atoms with Crippen LogP contribution in [0.5, 0.6) is 0 Å². The standard InChI is InChI=1S/C20H26I.CHF3O3S/c1-19(2,3)15-7-11-17(12-8-15)21-18-13-9-16(10-14-18)20(4,5)6;2-1(3,4)8(5,6)7/h7-14H,1-6H3;(H,5,6,7)/q-1;. The zero-order valence-corrected chi connectivity index (χ0v) is 20.3. The summed E-state index contributed by atoms with van der Waals surface area (Å²) in [6.45, 7) is 13.6. The fraction of sp³-hybridized carbons (Fsp3) is 0.429. The number of hydrogen-bond donors (Lipinski definition) is 1. The number of benzene rings is 2. The maximum Gasteiger partial charge on any atom is 0.522 e. The molecule has 2 rings (SSSR count). The van der Waals surface area contributed by atoms with Gasteiger partial charge < -0.3 is 0 Å². The van der Waals surface area contributed by atoms with Crippen molar-refractivity contribution in [2.45, 2.75) is 57.9 Å². The Kier molecular flexibility index (Phi) is 8.35. The summed E-state index contributed by atoms with van der Waals surface area (Å²) in [6, 6.07) is 18.4. The van der Waals surface area contributed by atoms with Crippen molar-refractivity contribution in [1.29, 1.82) is 0 Å². The van der Waals surface area contributed by atoms with Crippen molar-refractivity contribution in [1.82, 2.24) is 0 Å². The third-order valence-corrected chi connectivity index (χ3v) is 7.20. The van der Waals surface area contributed by atoms with E-state index in [0.29, 0.717) is 0 Å². The first kappa shape index (κ1) is 25.9. The fourth-order valence-electron chi connectivity index (χ4n) is 2.15. The molecule has 0 aliphatic carbocycles. The van der Waals surface area contributed by atoms with Crippen molar-refractivity contribution in [3.8, 4) is 0 Å². The molecule has 0 saturated carbocycles. The maximum atomic E-state index is 10.7. The molecule has 8 heteroatoms. The summed E-state index contributed by atoms with van der Waals surface area (Å²) in [5.74, 6) is 0. The molecule has 3 nitrogen and oxygen atoms in total. The van der Waals surface area contributed by atoms with Crippen molar-refractivity contribution in [2.75, 3.05) is 0 Å².